The van der Waals surface area contributed by atoms with Gasteiger partial charge in [0.05, 0.1) is 27.5 Å². The third-order valence-electron chi connectivity index (χ3n) is 11.9. The predicted octanol–water partition coefficient (Wildman–Crippen LogP) is 9.37. The van der Waals surface area contributed by atoms with E-state index in [0.717, 1.165) is 44.9 Å². The van der Waals surface area contributed by atoms with Gasteiger partial charge in [0, 0.05) is 12.0 Å². The smallest absolute Gasteiger partial charge is 0.192 e. The lowest BCUT2D eigenvalue weighted by Gasteiger charge is -2.52. The highest BCUT2D eigenvalue weighted by molar-refractivity contribution is 7.92. The summed E-state index contributed by atoms with van der Waals surface area (Å²) in [7, 11) is -7.60. The number of benzene rings is 1. The van der Waals surface area contributed by atoms with Crippen LogP contribution in [-0.4, -0.2) is 63.9 Å². The average Bonchev–Trinajstić information content (AvgIpc) is 3.25. The Bertz CT molecular complexity index is 1260. The number of fused-ring (bicyclic) bond motifs is 1. The highest BCUT2D eigenvalue weighted by Gasteiger charge is 2.59. The Balaban J connectivity index is 2.04. The van der Waals surface area contributed by atoms with Crippen molar-refractivity contribution in [2.75, 3.05) is 0 Å². The molecule has 3 rings (SSSR count). The van der Waals surface area contributed by atoms with E-state index in [2.05, 4.69) is 74.3 Å². The van der Waals surface area contributed by atoms with Gasteiger partial charge in [0.25, 0.3) is 0 Å². The molecular formula is C38H70O6SSi2. The maximum atomic E-state index is 14.7. The Hall–Kier alpha value is -0.556. The molecule has 1 aromatic carbocycles. The zero-order valence-electron chi connectivity index (χ0n) is 32.2. The van der Waals surface area contributed by atoms with Crippen LogP contribution in [-0.2, 0) is 18.7 Å². The summed E-state index contributed by atoms with van der Waals surface area (Å²) in [4.78, 5) is 0.294. The van der Waals surface area contributed by atoms with Gasteiger partial charge < -0.3 is 19.1 Å². The van der Waals surface area contributed by atoms with Gasteiger partial charge in [0.15, 0.2) is 26.5 Å². The average molecular weight is 711 g/mol. The minimum absolute atomic E-state index is 0.0603. The van der Waals surface area contributed by atoms with E-state index in [1.165, 1.54) is 0 Å². The molecule has 2 saturated carbocycles. The van der Waals surface area contributed by atoms with Crippen LogP contribution in [0, 0.1) is 23.2 Å². The molecule has 0 saturated heterocycles. The minimum Gasteiger partial charge on any atom is -0.414 e. The summed E-state index contributed by atoms with van der Waals surface area (Å²) < 4.78 is 43.1. The number of rotatable bonds is 15. The van der Waals surface area contributed by atoms with Crippen molar-refractivity contribution in [1.82, 2.24) is 0 Å². The molecule has 0 aromatic heterocycles. The van der Waals surface area contributed by atoms with E-state index >= 15 is 0 Å². The number of hydrogen-bond acceptors (Lipinski definition) is 6. The molecule has 6 nitrogen and oxygen atoms in total. The summed E-state index contributed by atoms with van der Waals surface area (Å²) in [5.74, 6) is -0.380. The first-order valence-electron chi connectivity index (χ1n) is 18.3. The molecule has 0 unspecified atom stereocenters. The summed E-state index contributed by atoms with van der Waals surface area (Å²) in [6, 6.07) is 8.76. The molecule has 47 heavy (non-hydrogen) atoms. The molecule has 272 valence electrons. The lowest BCUT2D eigenvalue weighted by molar-refractivity contribution is -0.111. The van der Waals surface area contributed by atoms with Crippen LogP contribution in [0.1, 0.15) is 113 Å². The molecule has 0 heterocycles. The van der Waals surface area contributed by atoms with E-state index in [1.54, 1.807) is 38.1 Å². The minimum atomic E-state index is -3.83. The van der Waals surface area contributed by atoms with Crippen LogP contribution in [0.25, 0.3) is 0 Å². The molecule has 1 aromatic rings. The number of hydrogen-bond donors (Lipinski definition) is 2. The Morgan fingerprint density at radius 1 is 0.936 bits per heavy atom. The second-order valence-corrected chi connectivity index (χ2v) is 30.2. The molecule has 2 aliphatic carbocycles. The van der Waals surface area contributed by atoms with Crippen molar-refractivity contribution < 1.29 is 27.5 Å². The van der Waals surface area contributed by atoms with E-state index in [4.69, 9.17) is 8.85 Å². The molecule has 0 aliphatic heterocycles. The Labute approximate surface area is 291 Å². The fourth-order valence-corrected chi connectivity index (χ4v) is 14.0. The molecule has 9 heteroatoms. The van der Waals surface area contributed by atoms with E-state index in [-0.39, 0.29) is 28.1 Å². The van der Waals surface area contributed by atoms with Crippen molar-refractivity contribution in [1.29, 1.82) is 0 Å². The molecule has 0 amide bonds. The van der Waals surface area contributed by atoms with Gasteiger partial charge in [-0.3, -0.25) is 0 Å². The molecule has 2 fully saturated rings. The highest BCUT2D eigenvalue weighted by atomic mass is 32.2. The summed E-state index contributed by atoms with van der Waals surface area (Å²) in [6.07, 6.45) is 6.56. The molecule has 0 spiro atoms. The summed E-state index contributed by atoms with van der Waals surface area (Å²) >= 11 is 0. The molecule has 0 bridgehead atoms. The van der Waals surface area contributed by atoms with Crippen molar-refractivity contribution in [3.8, 4) is 0 Å². The fraction of sp³-hybridized carbons (Fsp3) is 0.842. The van der Waals surface area contributed by atoms with E-state index in [0.29, 0.717) is 23.7 Å². The highest BCUT2D eigenvalue weighted by Crippen LogP contribution is 2.61. The third kappa shape index (κ3) is 9.82. The van der Waals surface area contributed by atoms with Crippen LogP contribution in [0.2, 0.25) is 37.8 Å². The van der Waals surface area contributed by atoms with Gasteiger partial charge in [0.1, 0.15) is 0 Å². The Morgan fingerprint density at radius 2 is 1.53 bits per heavy atom. The zero-order chi connectivity index (χ0) is 35.9. The van der Waals surface area contributed by atoms with Gasteiger partial charge in [-0.1, -0.05) is 65.2 Å². The summed E-state index contributed by atoms with van der Waals surface area (Å²) in [5, 5.41) is 22.8. The SMILES string of the molecule is CC(C)(CCCC[C@H]([C@H]([C@@H](O)C(C)(C)O)[C@H]1CC[C@H]2[C@@H](O[Si](C)(C)C(C)(C)C)CCC[C@]12C)S(=O)(=O)c1ccccc1)O[Si](C)(C)C. The first kappa shape index (κ1) is 40.9. The second-order valence-electron chi connectivity index (χ2n) is 18.9. The first-order chi connectivity index (χ1) is 21.2. The Morgan fingerprint density at radius 3 is 2.06 bits per heavy atom. The van der Waals surface area contributed by atoms with Gasteiger partial charge in [-0.15, -0.1) is 0 Å². The van der Waals surface area contributed by atoms with Crippen LogP contribution in [0.4, 0.5) is 0 Å². The van der Waals surface area contributed by atoms with Gasteiger partial charge in [0.2, 0.25) is 0 Å². The largest absolute Gasteiger partial charge is 0.414 e. The fourth-order valence-electron chi connectivity index (χ4n) is 8.76. The predicted molar refractivity (Wildman–Crippen MR) is 200 cm³/mol. The van der Waals surface area contributed by atoms with Gasteiger partial charge in [-0.25, -0.2) is 8.42 Å². The molecular weight excluding hydrogens is 641 g/mol. The summed E-state index contributed by atoms with van der Waals surface area (Å²) in [5.41, 5.74) is -1.93. The van der Waals surface area contributed by atoms with Crippen molar-refractivity contribution in [2.24, 2.45) is 23.2 Å². The standard InChI is InChI=1S/C38H70O6SSi2/c1-35(2,3)47(12,13)43-31-22-19-27-38(8)29(31)24-25-30(38)33(34(39)37(6,7)40)32(45(41,42)28-20-15-14-16-21-28)23-17-18-26-36(4,5)44-46(9,10)11/h14-16,20-21,29-34,39-40H,17-19,22-27H2,1-13H3/t29-,30+,31-,32+,33+,34+,38-/m0/s1. The topological polar surface area (TPSA) is 93.1 Å². The van der Waals surface area contributed by atoms with Crippen LogP contribution in [0.15, 0.2) is 35.2 Å². The normalized spacial score (nSPS) is 26.9. The molecule has 2 aliphatic rings. The number of aliphatic hydroxyl groups is 2. The number of aliphatic hydroxyl groups excluding tert-OH is 1. The van der Waals surface area contributed by atoms with Crippen LogP contribution in [0.5, 0.6) is 0 Å². The second kappa shape index (κ2) is 14.6. The third-order valence-corrected chi connectivity index (χ3v) is 19.9. The van der Waals surface area contributed by atoms with Crippen molar-refractivity contribution in [2.45, 2.75) is 185 Å². The maximum Gasteiger partial charge on any atom is 0.192 e. The van der Waals surface area contributed by atoms with E-state index in [9.17, 15) is 18.6 Å². The summed E-state index contributed by atoms with van der Waals surface area (Å²) in [6.45, 7) is 28.0. The number of unbranched alkanes of at least 4 members (excludes halogenated alkanes) is 1. The monoisotopic (exact) mass is 710 g/mol. The maximum absolute atomic E-state index is 14.7. The van der Waals surface area contributed by atoms with E-state index < -0.39 is 49.3 Å². The lowest BCUT2D eigenvalue weighted by Crippen LogP contribution is -2.55. The number of sulfone groups is 1. The van der Waals surface area contributed by atoms with Crippen LogP contribution < -0.4 is 0 Å². The quantitative estimate of drug-likeness (QED) is 0.139. The van der Waals surface area contributed by atoms with Crippen LogP contribution >= 0.6 is 0 Å². The van der Waals surface area contributed by atoms with Crippen LogP contribution in [0.3, 0.4) is 0 Å². The first-order valence-corrected chi connectivity index (χ1v) is 26.2. The Kier molecular flexibility index (Phi) is 12.7. The van der Waals surface area contributed by atoms with Gasteiger partial charge in [-0.2, -0.15) is 0 Å². The molecule has 2 N–H and O–H groups in total. The molecule has 0 radical (unpaired) electrons. The van der Waals surface area contributed by atoms with Crippen molar-refractivity contribution in [3.63, 3.8) is 0 Å². The molecule has 7 atom stereocenters. The lowest BCUT2D eigenvalue weighted by atomic mass is 9.59. The zero-order valence-corrected chi connectivity index (χ0v) is 35.0. The van der Waals surface area contributed by atoms with Crippen molar-refractivity contribution >= 4 is 26.5 Å². The van der Waals surface area contributed by atoms with Gasteiger partial charge in [-0.05, 0) is 133 Å². The van der Waals surface area contributed by atoms with E-state index in [1.807, 2.05) is 6.07 Å². The van der Waals surface area contributed by atoms with Crippen molar-refractivity contribution in [3.05, 3.63) is 30.3 Å². The van der Waals surface area contributed by atoms with Gasteiger partial charge >= 0.3 is 0 Å².